The molecule has 0 spiro atoms. The molecule has 0 aliphatic heterocycles. The molecule has 1 N–H and O–H groups in total. The Kier molecular flexibility index (Phi) is 3.16. The molecule has 1 heterocycles. The van der Waals surface area contributed by atoms with E-state index in [1.165, 1.54) is 0 Å². The van der Waals surface area contributed by atoms with Crippen LogP contribution in [0.25, 0.3) is 0 Å². The Morgan fingerprint density at radius 2 is 2.19 bits per heavy atom. The van der Waals surface area contributed by atoms with Crippen LogP contribution in [-0.4, -0.2) is 22.4 Å². The molecular formula is C11H12N2O3. The van der Waals surface area contributed by atoms with Crippen molar-refractivity contribution >= 4 is 0 Å². The highest BCUT2D eigenvalue weighted by molar-refractivity contribution is 5.35. The summed E-state index contributed by atoms with van der Waals surface area (Å²) in [6.45, 7) is -0.237. The Labute approximate surface area is 92.7 Å². The molecule has 0 radical (unpaired) electrons. The van der Waals surface area contributed by atoms with Crippen molar-refractivity contribution in [2.45, 2.75) is 13.0 Å². The van der Waals surface area contributed by atoms with Crippen LogP contribution in [0, 0.1) is 0 Å². The maximum Gasteiger partial charge on any atom is 0.252 e. The smallest absolute Gasteiger partial charge is 0.252 e. The fraction of sp³-hybridized carbons (Fsp3) is 0.273. The average Bonchev–Trinajstić information content (AvgIpc) is 2.77. The Bertz CT molecular complexity index is 468. The molecule has 0 saturated heterocycles. The molecule has 2 aromatic rings. The number of ether oxygens (including phenoxy) is 1. The molecule has 0 amide bonds. The number of benzene rings is 1. The molecule has 84 valence electrons. The van der Waals surface area contributed by atoms with Gasteiger partial charge in [-0.05, 0) is 6.07 Å². The van der Waals surface area contributed by atoms with Crippen molar-refractivity contribution in [3.05, 3.63) is 41.5 Å². The lowest BCUT2D eigenvalue weighted by Crippen LogP contribution is -1.95. The topological polar surface area (TPSA) is 68.4 Å². The van der Waals surface area contributed by atoms with E-state index in [0.717, 1.165) is 11.3 Å². The number of aromatic nitrogens is 2. The van der Waals surface area contributed by atoms with Crippen molar-refractivity contribution in [2.24, 2.45) is 0 Å². The maximum atomic E-state index is 8.80. The molecule has 0 fully saturated rings. The molecule has 1 aromatic heterocycles. The van der Waals surface area contributed by atoms with Gasteiger partial charge in [0.25, 0.3) is 5.89 Å². The number of aliphatic hydroxyl groups is 1. The van der Waals surface area contributed by atoms with Gasteiger partial charge in [0, 0.05) is 12.0 Å². The Morgan fingerprint density at radius 1 is 1.38 bits per heavy atom. The van der Waals surface area contributed by atoms with E-state index in [1.54, 1.807) is 7.11 Å². The van der Waals surface area contributed by atoms with E-state index >= 15 is 0 Å². The quantitative estimate of drug-likeness (QED) is 0.837. The van der Waals surface area contributed by atoms with Gasteiger partial charge in [-0.25, -0.2) is 0 Å². The van der Waals surface area contributed by atoms with Gasteiger partial charge in [-0.3, -0.25) is 0 Å². The molecule has 1 aromatic carbocycles. The minimum atomic E-state index is -0.237. The predicted octanol–water partition coefficient (Wildman–Crippen LogP) is 1.16. The van der Waals surface area contributed by atoms with Gasteiger partial charge in [0.15, 0.2) is 5.82 Å². The third kappa shape index (κ3) is 2.20. The van der Waals surface area contributed by atoms with Gasteiger partial charge in [-0.2, -0.15) is 4.98 Å². The van der Waals surface area contributed by atoms with Crippen molar-refractivity contribution in [3.63, 3.8) is 0 Å². The van der Waals surface area contributed by atoms with Crippen LogP contribution in [0.2, 0.25) is 0 Å². The molecule has 16 heavy (non-hydrogen) atoms. The molecule has 0 unspecified atom stereocenters. The van der Waals surface area contributed by atoms with Crippen LogP contribution in [0.3, 0.4) is 0 Å². The third-order valence-corrected chi connectivity index (χ3v) is 2.19. The summed E-state index contributed by atoms with van der Waals surface area (Å²) in [6.07, 6.45) is 0.521. The van der Waals surface area contributed by atoms with Crippen molar-refractivity contribution < 1.29 is 14.4 Å². The summed E-state index contributed by atoms with van der Waals surface area (Å²) in [5.41, 5.74) is 0.982. The summed E-state index contributed by atoms with van der Waals surface area (Å²) < 4.78 is 10.0. The van der Waals surface area contributed by atoms with E-state index < -0.39 is 0 Å². The van der Waals surface area contributed by atoms with Gasteiger partial charge < -0.3 is 14.4 Å². The van der Waals surface area contributed by atoms with Crippen LogP contribution < -0.4 is 4.74 Å². The standard InChI is InChI=1S/C11H12N2O3/c1-15-9-5-3-2-4-8(9)6-10-12-11(7-14)16-13-10/h2-5,14H,6-7H2,1H3. The van der Waals surface area contributed by atoms with E-state index in [0.29, 0.717) is 12.2 Å². The van der Waals surface area contributed by atoms with Gasteiger partial charge in [-0.15, -0.1) is 0 Å². The largest absolute Gasteiger partial charge is 0.496 e. The zero-order chi connectivity index (χ0) is 11.4. The Morgan fingerprint density at radius 3 is 2.88 bits per heavy atom. The summed E-state index contributed by atoms with van der Waals surface area (Å²) in [5, 5.41) is 12.6. The SMILES string of the molecule is COc1ccccc1Cc1noc(CO)n1. The fourth-order valence-corrected chi connectivity index (χ4v) is 1.45. The van der Waals surface area contributed by atoms with E-state index in [1.807, 2.05) is 24.3 Å². The first-order chi connectivity index (χ1) is 7.83. The van der Waals surface area contributed by atoms with Crippen molar-refractivity contribution in [2.75, 3.05) is 7.11 Å². The first-order valence-corrected chi connectivity index (χ1v) is 4.87. The lowest BCUT2D eigenvalue weighted by Gasteiger charge is -2.04. The molecule has 2 rings (SSSR count). The molecule has 0 aliphatic carbocycles. The number of nitrogens with zero attached hydrogens (tertiary/aromatic N) is 2. The Hall–Kier alpha value is -1.88. The fourth-order valence-electron chi connectivity index (χ4n) is 1.45. The number of methoxy groups -OCH3 is 1. The highest BCUT2D eigenvalue weighted by atomic mass is 16.5. The third-order valence-electron chi connectivity index (χ3n) is 2.19. The number of rotatable bonds is 4. The van der Waals surface area contributed by atoms with Crippen LogP contribution in [0.5, 0.6) is 5.75 Å². The van der Waals surface area contributed by atoms with E-state index in [4.69, 9.17) is 14.4 Å². The molecular weight excluding hydrogens is 208 g/mol. The summed E-state index contributed by atoms with van der Waals surface area (Å²) in [4.78, 5) is 4.02. The predicted molar refractivity (Wildman–Crippen MR) is 56.0 cm³/mol. The molecule has 0 atom stereocenters. The second-order valence-electron chi connectivity index (χ2n) is 3.25. The number of hydrogen-bond acceptors (Lipinski definition) is 5. The first-order valence-electron chi connectivity index (χ1n) is 4.87. The lowest BCUT2D eigenvalue weighted by atomic mass is 10.1. The van der Waals surface area contributed by atoms with Crippen LogP contribution in [0.15, 0.2) is 28.8 Å². The summed E-state index contributed by atoms with van der Waals surface area (Å²) in [7, 11) is 1.62. The van der Waals surface area contributed by atoms with E-state index in [-0.39, 0.29) is 12.5 Å². The van der Waals surface area contributed by atoms with Gasteiger partial charge in [0.2, 0.25) is 0 Å². The van der Waals surface area contributed by atoms with Gasteiger partial charge in [0.1, 0.15) is 12.4 Å². The van der Waals surface area contributed by atoms with Crippen molar-refractivity contribution in [1.82, 2.24) is 10.1 Å². The second-order valence-corrected chi connectivity index (χ2v) is 3.25. The summed E-state index contributed by atoms with van der Waals surface area (Å²) >= 11 is 0. The van der Waals surface area contributed by atoms with Gasteiger partial charge in [-0.1, -0.05) is 23.4 Å². The van der Waals surface area contributed by atoms with Crippen molar-refractivity contribution in [1.29, 1.82) is 0 Å². The molecule has 5 heteroatoms. The second kappa shape index (κ2) is 4.76. The lowest BCUT2D eigenvalue weighted by molar-refractivity contribution is 0.222. The van der Waals surface area contributed by atoms with Crippen molar-refractivity contribution in [3.8, 4) is 5.75 Å². The number of aliphatic hydroxyl groups excluding tert-OH is 1. The molecule has 0 bridgehead atoms. The molecule has 0 aliphatic rings. The monoisotopic (exact) mass is 220 g/mol. The van der Waals surface area contributed by atoms with Crippen LogP contribution in [0.1, 0.15) is 17.3 Å². The molecule has 0 saturated carbocycles. The number of hydrogen-bond donors (Lipinski definition) is 1. The normalized spacial score (nSPS) is 10.4. The van der Waals surface area contributed by atoms with Gasteiger partial charge in [0.05, 0.1) is 7.11 Å². The molecule has 5 nitrogen and oxygen atoms in total. The maximum absolute atomic E-state index is 8.80. The van der Waals surface area contributed by atoms with Crippen LogP contribution >= 0.6 is 0 Å². The van der Waals surface area contributed by atoms with Crippen LogP contribution in [-0.2, 0) is 13.0 Å². The van der Waals surface area contributed by atoms with E-state index in [2.05, 4.69) is 10.1 Å². The average molecular weight is 220 g/mol. The highest BCUT2D eigenvalue weighted by Gasteiger charge is 2.08. The zero-order valence-corrected chi connectivity index (χ0v) is 8.88. The van der Waals surface area contributed by atoms with E-state index in [9.17, 15) is 0 Å². The zero-order valence-electron chi connectivity index (χ0n) is 8.88. The minimum absolute atomic E-state index is 0.227. The highest BCUT2D eigenvalue weighted by Crippen LogP contribution is 2.19. The number of para-hydroxylation sites is 1. The van der Waals surface area contributed by atoms with Crippen LogP contribution in [0.4, 0.5) is 0 Å². The Balaban J connectivity index is 2.19. The van der Waals surface area contributed by atoms with Gasteiger partial charge >= 0.3 is 0 Å². The minimum Gasteiger partial charge on any atom is -0.496 e. The summed E-state index contributed by atoms with van der Waals surface area (Å²) in [5.74, 6) is 1.55. The summed E-state index contributed by atoms with van der Waals surface area (Å²) in [6, 6.07) is 7.64. The first kappa shape index (κ1) is 10.6.